The van der Waals surface area contributed by atoms with E-state index in [-0.39, 0.29) is 81.6 Å². The molecule has 2 aromatic carbocycles. The van der Waals surface area contributed by atoms with Gasteiger partial charge in [-0.05, 0) is 12.1 Å². The number of hydrogen-bond acceptors (Lipinski definition) is 8. The molecule has 0 heterocycles. The predicted molar refractivity (Wildman–Crippen MR) is 84.0 cm³/mol. The summed E-state index contributed by atoms with van der Waals surface area (Å²) in [6.07, 6.45) is 0. The first-order valence-electron chi connectivity index (χ1n) is 6.39. The van der Waals surface area contributed by atoms with Crippen LogP contribution in [-0.4, -0.2) is 25.9 Å². The minimum absolute atomic E-state index is 0. The van der Waals surface area contributed by atoms with Crippen molar-refractivity contribution < 1.29 is 85.1 Å². The Morgan fingerprint density at radius 3 is 1.19 bits per heavy atom. The summed E-state index contributed by atoms with van der Waals surface area (Å²) in [4.78, 5) is -1.21. The molecule has 0 aliphatic carbocycles. The molecule has 128 valence electrons. The summed E-state index contributed by atoms with van der Waals surface area (Å²) in [7, 11) is -9.66. The molecule has 2 rings (SSSR count). The predicted octanol–water partition coefficient (Wildman–Crippen LogP) is -5.75. The maximum atomic E-state index is 11.3. The van der Waals surface area contributed by atoms with Crippen molar-refractivity contribution in [3.05, 3.63) is 59.7 Å². The molecule has 0 atom stereocenters. The van der Waals surface area contributed by atoms with Gasteiger partial charge in [-0.15, -0.1) is 0 Å². The normalized spacial score (nSPS) is 12.4. The van der Waals surface area contributed by atoms with Crippen LogP contribution in [0.4, 0.5) is 0 Å². The van der Waals surface area contributed by atoms with Crippen LogP contribution in [0.25, 0.3) is 11.4 Å². The average Bonchev–Trinajstić information content (AvgIpc) is 2.52. The SMILES string of the molecule is NC(=C(N)c1ccccc1S(=O)(=O)[O-])c1ccccc1S(=O)(=O)[O-].[Na+].[Na+]. The van der Waals surface area contributed by atoms with E-state index < -0.39 is 30.0 Å². The van der Waals surface area contributed by atoms with E-state index in [2.05, 4.69) is 0 Å². The Balaban J connectivity index is 0.00000312. The molecule has 0 aromatic heterocycles. The summed E-state index contributed by atoms with van der Waals surface area (Å²) in [5, 5.41) is 0. The van der Waals surface area contributed by atoms with Crippen molar-refractivity contribution >= 4 is 31.6 Å². The number of benzene rings is 2. The Bertz CT molecular complexity index is 953. The summed E-state index contributed by atoms with van der Waals surface area (Å²) in [6, 6.07) is 10.1. The van der Waals surface area contributed by atoms with Gasteiger partial charge in [0.25, 0.3) is 0 Å². The van der Waals surface area contributed by atoms with Crippen LogP contribution in [0.2, 0.25) is 0 Å². The van der Waals surface area contributed by atoms with Crippen molar-refractivity contribution in [3.63, 3.8) is 0 Å². The standard InChI is InChI=1S/C14H14N2O6S2.2Na/c15-13(9-5-1-3-7-11(9)23(17,18)19)14(16)10-6-2-4-8-12(10)24(20,21)22;;/h1-8H,15-16H2,(H,17,18,19)(H,20,21,22);;/q;2*+1/p-2. The second kappa shape index (κ2) is 9.69. The average molecular weight is 414 g/mol. The van der Waals surface area contributed by atoms with Gasteiger partial charge in [0.1, 0.15) is 20.2 Å². The molecular weight excluding hydrogens is 402 g/mol. The summed E-state index contributed by atoms with van der Waals surface area (Å²) in [5.41, 5.74) is 10.6. The van der Waals surface area contributed by atoms with E-state index in [1.54, 1.807) is 0 Å². The number of nitrogens with two attached hydrogens (primary N) is 2. The van der Waals surface area contributed by atoms with Gasteiger partial charge in [-0.3, -0.25) is 0 Å². The topological polar surface area (TPSA) is 166 Å². The Morgan fingerprint density at radius 2 is 0.923 bits per heavy atom. The zero-order chi connectivity index (χ0) is 18.1. The summed E-state index contributed by atoms with van der Waals surface area (Å²) < 4.78 is 67.9. The minimum Gasteiger partial charge on any atom is -0.744 e. The molecule has 0 fully saturated rings. The third-order valence-electron chi connectivity index (χ3n) is 3.18. The van der Waals surface area contributed by atoms with Gasteiger partial charge in [0.15, 0.2) is 0 Å². The molecule has 0 spiro atoms. The van der Waals surface area contributed by atoms with Crippen LogP contribution in [0.1, 0.15) is 11.1 Å². The Hall–Kier alpha value is -0.400. The van der Waals surface area contributed by atoms with Gasteiger partial charge in [-0.2, -0.15) is 0 Å². The van der Waals surface area contributed by atoms with E-state index >= 15 is 0 Å². The fraction of sp³-hybridized carbons (Fsp3) is 0. The molecule has 0 radical (unpaired) electrons. The van der Waals surface area contributed by atoms with Gasteiger partial charge in [0, 0.05) is 11.1 Å². The second-order valence-corrected chi connectivity index (χ2v) is 7.42. The first-order valence-corrected chi connectivity index (χ1v) is 9.21. The van der Waals surface area contributed by atoms with Crippen LogP contribution >= 0.6 is 0 Å². The van der Waals surface area contributed by atoms with Crippen LogP contribution in [-0.2, 0) is 20.2 Å². The fourth-order valence-corrected chi connectivity index (χ4v) is 3.49. The molecular formula is C14H12N2Na2O6S2. The molecule has 0 saturated heterocycles. The van der Waals surface area contributed by atoms with Crippen molar-refractivity contribution in [2.24, 2.45) is 11.5 Å². The number of hydrogen-bond donors (Lipinski definition) is 2. The van der Waals surface area contributed by atoms with Gasteiger partial charge in [-0.25, -0.2) is 16.8 Å². The number of rotatable bonds is 4. The maximum absolute atomic E-state index is 11.3. The molecule has 0 aliphatic heterocycles. The molecule has 0 amide bonds. The molecule has 0 bridgehead atoms. The summed E-state index contributed by atoms with van der Waals surface area (Å²) in [6.45, 7) is 0. The van der Waals surface area contributed by atoms with E-state index in [1.165, 1.54) is 36.4 Å². The van der Waals surface area contributed by atoms with Gasteiger partial charge in [0.05, 0.1) is 21.2 Å². The van der Waals surface area contributed by atoms with Crippen LogP contribution in [0.15, 0.2) is 58.3 Å². The van der Waals surface area contributed by atoms with Gasteiger partial charge < -0.3 is 20.6 Å². The van der Waals surface area contributed by atoms with Crippen molar-refractivity contribution in [1.82, 2.24) is 0 Å². The second-order valence-electron chi connectivity index (χ2n) is 4.73. The van der Waals surface area contributed by atoms with Crippen molar-refractivity contribution in [2.75, 3.05) is 0 Å². The third kappa shape index (κ3) is 5.80. The zero-order valence-electron chi connectivity index (χ0n) is 14.0. The Kier molecular flexibility index (Phi) is 9.54. The van der Waals surface area contributed by atoms with E-state index in [1.807, 2.05) is 0 Å². The van der Waals surface area contributed by atoms with E-state index in [0.29, 0.717) is 0 Å². The smallest absolute Gasteiger partial charge is 0.744 e. The van der Waals surface area contributed by atoms with Crippen LogP contribution in [0, 0.1) is 0 Å². The van der Waals surface area contributed by atoms with Crippen molar-refractivity contribution in [1.29, 1.82) is 0 Å². The first-order chi connectivity index (χ1) is 11.0. The summed E-state index contributed by atoms with van der Waals surface area (Å²) >= 11 is 0. The largest absolute Gasteiger partial charge is 1.00 e. The fourth-order valence-electron chi connectivity index (χ4n) is 2.10. The molecule has 0 unspecified atom stereocenters. The van der Waals surface area contributed by atoms with Gasteiger partial charge in [-0.1, -0.05) is 36.4 Å². The minimum atomic E-state index is -4.83. The molecule has 26 heavy (non-hydrogen) atoms. The molecule has 2 aromatic rings. The van der Waals surface area contributed by atoms with Gasteiger partial charge in [0.2, 0.25) is 0 Å². The monoisotopic (exact) mass is 414 g/mol. The van der Waals surface area contributed by atoms with Gasteiger partial charge >= 0.3 is 59.1 Å². The molecule has 12 heteroatoms. The maximum Gasteiger partial charge on any atom is 1.00 e. The third-order valence-corrected chi connectivity index (χ3v) is 4.97. The van der Waals surface area contributed by atoms with Crippen molar-refractivity contribution in [3.8, 4) is 0 Å². The molecule has 0 saturated carbocycles. The zero-order valence-corrected chi connectivity index (χ0v) is 19.7. The molecule has 0 aliphatic rings. The quantitative estimate of drug-likeness (QED) is 0.284. The summed E-state index contributed by atoms with van der Waals surface area (Å²) in [5.74, 6) is 0. The van der Waals surface area contributed by atoms with Crippen LogP contribution in [0.3, 0.4) is 0 Å². The van der Waals surface area contributed by atoms with E-state index in [4.69, 9.17) is 11.5 Å². The Labute approximate surface area is 195 Å². The first kappa shape index (κ1) is 25.6. The van der Waals surface area contributed by atoms with E-state index in [9.17, 15) is 25.9 Å². The Morgan fingerprint density at radius 1 is 0.654 bits per heavy atom. The van der Waals surface area contributed by atoms with E-state index in [0.717, 1.165) is 12.1 Å². The van der Waals surface area contributed by atoms with Crippen LogP contribution < -0.4 is 70.6 Å². The molecule has 4 N–H and O–H groups in total. The van der Waals surface area contributed by atoms with Crippen molar-refractivity contribution in [2.45, 2.75) is 9.79 Å². The van der Waals surface area contributed by atoms with Crippen LogP contribution in [0.5, 0.6) is 0 Å². The molecule has 8 nitrogen and oxygen atoms in total.